The average molecular weight is 495 g/mol. The van der Waals surface area contributed by atoms with Crippen LogP contribution in [0, 0.1) is 29.1 Å². The van der Waals surface area contributed by atoms with E-state index in [0.29, 0.717) is 54.1 Å². The molecule has 194 valence electrons. The number of nitrogens with one attached hydrogen (secondary N) is 3. The number of ether oxygens (including phenoxy) is 1. The molecule has 4 rings (SSSR count). The Morgan fingerprint density at radius 1 is 1.19 bits per heavy atom. The molecule has 0 amide bonds. The van der Waals surface area contributed by atoms with Crippen molar-refractivity contribution >= 4 is 11.8 Å². The molecule has 2 aliphatic carbocycles. The first kappa shape index (κ1) is 26.1. The fourth-order valence-corrected chi connectivity index (χ4v) is 5.82. The van der Waals surface area contributed by atoms with Crippen molar-refractivity contribution in [1.82, 2.24) is 15.3 Å². The number of nitrogens with zero attached hydrogens (tertiary/aromatic N) is 3. The van der Waals surface area contributed by atoms with Gasteiger partial charge in [0.25, 0.3) is 0 Å². The summed E-state index contributed by atoms with van der Waals surface area (Å²) in [5, 5.41) is 38.6. The maximum absolute atomic E-state index is 9.65. The zero-order valence-electron chi connectivity index (χ0n) is 21.0. The van der Waals surface area contributed by atoms with Gasteiger partial charge in [-0.05, 0) is 62.5 Å². The van der Waals surface area contributed by atoms with E-state index in [1.165, 1.54) is 19.3 Å². The Hall–Kier alpha value is -2.93. The van der Waals surface area contributed by atoms with Crippen LogP contribution in [0.1, 0.15) is 49.7 Å². The lowest BCUT2D eigenvalue weighted by molar-refractivity contribution is 0.0695. The normalized spacial score (nSPS) is 23.9. The molecule has 0 radical (unpaired) electrons. The summed E-state index contributed by atoms with van der Waals surface area (Å²) in [5.74, 6) is 3.60. The number of anilines is 2. The summed E-state index contributed by atoms with van der Waals surface area (Å²) >= 11 is 0. The molecule has 2 unspecified atom stereocenters. The van der Waals surface area contributed by atoms with E-state index in [9.17, 15) is 10.4 Å². The Kier molecular flexibility index (Phi) is 9.34. The second-order valence-corrected chi connectivity index (χ2v) is 10.0. The molecular weight excluding hydrogens is 456 g/mol. The molecule has 2 fully saturated rings. The van der Waals surface area contributed by atoms with Crippen molar-refractivity contribution in [2.45, 2.75) is 57.2 Å². The minimum atomic E-state index is -0.644. The maximum Gasteiger partial charge on any atom is 0.224 e. The van der Waals surface area contributed by atoms with Crippen molar-refractivity contribution in [3.8, 4) is 11.8 Å². The highest BCUT2D eigenvalue weighted by atomic mass is 16.5. The molecule has 2 aromatic rings. The van der Waals surface area contributed by atoms with Gasteiger partial charge in [0, 0.05) is 24.7 Å². The number of para-hydroxylation sites is 1. The SMILES string of the molecule is COc1ccccc1CNc1ncc(C#N)c(NCC2C[C@H]3CCC[C@@H](C2)C3NCC[C@@H](O)CO)n1. The number of aliphatic hydroxyl groups excluding tert-OH is 2. The molecule has 36 heavy (non-hydrogen) atoms. The van der Waals surface area contributed by atoms with Crippen LogP contribution in [0.5, 0.6) is 5.75 Å². The number of rotatable bonds is 12. The predicted octanol–water partition coefficient (Wildman–Crippen LogP) is 2.91. The molecule has 1 aromatic heterocycles. The Balaban J connectivity index is 1.33. The van der Waals surface area contributed by atoms with Gasteiger partial charge in [-0.3, -0.25) is 0 Å². The topological polar surface area (TPSA) is 135 Å². The number of fused-ring (bicyclic) bond motifs is 2. The monoisotopic (exact) mass is 494 g/mol. The van der Waals surface area contributed by atoms with Crippen LogP contribution in [0.15, 0.2) is 30.5 Å². The number of hydrogen-bond acceptors (Lipinski definition) is 9. The van der Waals surface area contributed by atoms with Crippen LogP contribution in [0.4, 0.5) is 11.8 Å². The van der Waals surface area contributed by atoms with E-state index in [0.717, 1.165) is 37.2 Å². The maximum atomic E-state index is 9.65. The van der Waals surface area contributed by atoms with Crippen LogP contribution < -0.4 is 20.7 Å². The van der Waals surface area contributed by atoms with Gasteiger partial charge in [-0.2, -0.15) is 10.2 Å². The van der Waals surface area contributed by atoms with E-state index in [4.69, 9.17) is 9.84 Å². The van der Waals surface area contributed by atoms with Gasteiger partial charge in [-0.1, -0.05) is 24.6 Å². The summed E-state index contributed by atoms with van der Waals surface area (Å²) in [7, 11) is 1.65. The quantitative estimate of drug-likeness (QED) is 0.302. The first-order chi connectivity index (χ1) is 17.6. The Bertz CT molecular complexity index is 1010. The minimum absolute atomic E-state index is 0.182. The molecule has 0 aliphatic heterocycles. The van der Waals surface area contributed by atoms with Crippen LogP contribution >= 0.6 is 0 Å². The number of hydrogen-bond donors (Lipinski definition) is 5. The predicted molar refractivity (Wildman–Crippen MR) is 139 cm³/mol. The highest BCUT2D eigenvalue weighted by Gasteiger charge is 2.39. The first-order valence-corrected chi connectivity index (χ1v) is 13.0. The fourth-order valence-electron chi connectivity index (χ4n) is 5.82. The molecule has 2 saturated carbocycles. The van der Waals surface area contributed by atoms with Gasteiger partial charge in [0.1, 0.15) is 23.2 Å². The molecule has 1 aromatic carbocycles. The molecule has 1 heterocycles. The molecule has 9 heteroatoms. The number of nitriles is 1. The van der Waals surface area contributed by atoms with E-state index >= 15 is 0 Å². The molecule has 0 saturated heterocycles. The second kappa shape index (κ2) is 12.9. The van der Waals surface area contributed by atoms with Gasteiger partial charge < -0.3 is 30.9 Å². The third-order valence-electron chi connectivity index (χ3n) is 7.60. The van der Waals surface area contributed by atoms with Crippen molar-refractivity contribution in [2.24, 2.45) is 17.8 Å². The standard InChI is InChI=1S/C27H38N6O3/c1-36-24-8-3-2-5-21(24)15-31-27-32-16-22(13-28)26(33-27)30-14-18-11-19-6-4-7-20(12-18)25(19)29-10-9-23(35)17-34/h2-3,5,8,16,18-20,23,25,29,34-35H,4,6-7,9-12,14-15,17H2,1H3,(H2,30,31,32,33)/t18?,19-,20+,23-,25?/m1/s1. The van der Waals surface area contributed by atoms with Gasteiger partial charge in [0.15, 0.2) is 0 Å². The molecule has 2 aliphatic rings. The van der Waals surface area contributed by atoms with Gasteiger partial charge in [0.05, 0.1) is 26.0 Å². The van der Waals surface area contributed by atoms with E-state index < -0.39 is 6.10 Å². The number of methoxy groups -OCH3 is 1. The lowest BCUT2D eigenvalue weighted by atomic mass is 9.64. The summed E-state index contributed by atoms with van der Waals surface area (Å²) in [6.45, 7) is 1.85. The number of benzene rings is 1. The highest BCUT2D eigenvalue weighted by Crippen LogP contribution is 2.43. The summed E-state index contributed by atoms with van der Waals surface area (Å²) in [6, 6.07) is 10.5. The van der Waals surface area contributed by atoms with Crippen molar-refractivity contribution in [1.29, 1.82) is 5.26 Å². The third kappa shape index (κ3) is 6.64. The van der Waals surface area contributed by atoms with Crippen molar-refractivity contribution in [3.05, 3.63) is 41.6 Å². The van der Waals surface area contributed by atoms with Gasteiger partial charge in [0.2, 0.25) is 5.95 Å². The fraction of sp³-hybridized carbons (Fsp3) is 0.593. The smallest absolute Gasteiger partial charge is 0.224 e. The molecule has 5 N–H and O–H groups in total. The Morgan fingerprint density at radius 2 is 1.97 bits per heavy atom. The summed E-state index contributed by atoms with van der Waals surface area (Å²) in [5.41, 5.74) is 1.45. The zero-order valence-corrected chi connectivity index (χ0v) is 21.0. The lowest BCUT2D eigenvalue weighted by Crippen LogP contribution is -2.50. The molecular formula is C27H38N6O3. The van der Waals surface area contributed by atoms with Crippen molar-refractivity contribution in [3.63, 3.8) is 0 Å². The van der Waals surface area contributed by atoms with Crippen molar-refractivity contribution in [2.75, 3.05) is 37.4 Å². The first-order valence-electron chi connectivity index (χ1n) is 13.0. The van der Waals surface area contributed by atoms with Crippen molar-refractivity contribution < 1.29 is 14.9 Å². The average Bonchev–Trinajstić information content (AvgIpc) is 2.90. The van der Waals surface area contributed by atoms with Gasteiger partial charge in [-0.15, -0.1) is 0 Å². The van der Waals surface area contributed by atoms with E-state index in [-0.39, 0.29) is 6.61 Å². The minimum Gasteiger partial charge on any atom is -0.496 e. The number of aromatic nitrogens is 2. The lowest BCUT2D eigenvalue weighted by Gasteiger charge is -2.46. The highest BCUT2D eigenvalue weighted by molar-refractivity contribution is 5.53. The van der Waals surface area contributed by atoms with Crippen LogP contribution in [-0.2, 0) is 6.54 Å². The Morgan fingerprint density at radius 3 is 2.69 bits per heavy atom. The van der Waals surface area contributed by atoms with Crippen LogP contribution in [0.25, 0.3) is 0 Å². The van der Waals surface area contributed by atoms with Crippen LogP contribution in [0.3, 0.4) is 0 Å². The van der Waals surface area contributed by atoms with Crippen LogP contribution in [0.2, 0.25) is 0 Å². The van der Waals surface area contributed by atoms with Gasteiger partial charge in [-0.25, -0.2) is 4.98 Å². The van der Waals surface area contributed by atoms with Crippen LogP contribution in [-0.4, -0.2) is 59.1 Å². The molecule has 5 atom stereocenters. The third-order valence-corrected chi connectivity index (χ3v) is 7.60. The summed E-state index contributed by atoms with van der Waals surface area (Å²) in [6.07, 6.45) is 7.49. The van der Waals surface area contributed by atoms with Gasteiger partial charge >= 0.3 is 0 Å². The molecule has 9 nitrogen and oxygen atoms in total. The van der Waals surface area contributed by atoms with E-state index in [1.807, 2.05) is 24.3 Å². The zero-order chi connectivity index (χ0) is 25.3. The molecule has 2 bridgehead atoms. The second-order valence-electron chi connectivity index (χ2n) is 10.0. The summed E-state index contributed by atoms with van der Waals surface area (Å²) < 4.78 is 5.41. The Labute approximate surface area is 213 Å². The van der Waals surface area contributed by atoms with E-state index in [1.54, 1.807) is 13.3 Å². The van der Waals surface area contributed by atoms with E-state index in [2.05, 4.69) is 32.0 Å². The summed E-state index contributed by atoms with van der Waals surface area (Å²) in [4.78, 5) is 8.91. The largest absolute Gasteiger partial charge is 0.496 e. The number of aliphatic hydroxyl groups is 2. The molecule has 0 spiro atoms.